The fourth-order valence-electron chi connectivity index (χ4n) is 3.35. The highest BCUT2D eigenvalue weighted by molar-refractivity contribution is 7.10. The minimum absolute atomic E-state index is 0.0798. The molecule has 0 saturated heterocycles. The van der Waals surface area contributed by atoms with E-state index in [1.165, 1.54) is 4.90 Å². The third-order valence-electron chi connectivity index (χ3n) is 5.16. The number of methoxy groups -OCH3 is 1. The highest BCUT2D eigenvalue weighted by Crippen LogP contribution is 2.22. The molecule has 1 aromatic heterocycles. The van der Waals surface area contributed by atoms with Crippen LogP contribution in [0.3, 0.4) is 0 Å². The summed E-state index contributed by atoms with van der Waals surface area (Å²) < 4.78 is 5.18. The van der Waals surface area contributed by atoms with Crippen LogP contribution in [0.4, 0.5) is 0 Å². The molecular weight excluding hydrogens is 479 g/mol. The number of carbonyl (C=O) groups excluding carboxylic acids is 2. The molecule has 0 fully saturated rings. The molecule has 0 aliphatic rings. The van der Waals surface area contributed by atoms with Crippen LogP contribution in [0.2, 0.25) is 10.0 Å². The van der Waals surface area contributed by atoms with Gasteiger partial charge in [-0.25, -0.2) is 0 Å². The number of hydrogen-bond acceptors (Lipinski definition) is 4. The topological polar surface area (TPSA) is 49.9 Å². The predicted molar refractivity (Wildman–Crippen MR) is 134 cm³/mol. The van der Waals surface area contributed by atoms with Crippen molar-refractivity contribution in [2.45, 2.75) is 20.0 Å². The van der Waals surface area contributed by atoms with Crippen LogP contribution in [-0.2, 0) is 22.6 Å². The van der Waals surface area contributed by atoms with Gasteiger partial charge in [0.05, 0.1) is 13.2 Å². The van der Waals surface area contributed by atoms with E-state index in [9.17, 15) is 9.59 Å². The van der Waals surface area contributed by atoms with E-state index >= 15 is 0 Å². The lowest BCUT2D eigenvalue weighted by atomic mass is 10.1. The molecule has 0 N–H and O–H groups in total. The molecule has 0 spiro atoms. The summed E-state index contributed by atoms with van der Waals surface area (Å²) in [5.41, 5.74) is 2.50. The van der Waals surface area contributed by atoms with E-state index < -0.39 is 0 Å². The Morgan fingerprint density at radius 3 is 2.27 bits per heavy atom. The molecule has 33 heavy (non-hydrogen) atoms. The lowest BCUT2D eigenvalue weighted by Crippen LogP contribution is -2.43. The van der Waals surface area contributed by atoms with Gasteiger partial charge in [0.25, 0.3) is 5.91 Å². The van der Waals surface area contributed by atoms with E-state index in [1.54, 1.807) is 41.5 Å². The number of hydrogen-bond donors (Lipinski definition) is 0. The van der Waals surface area contributed by atoms with Crippen molar-refractivity contribution >= 4 is 46.4 Å². The standard InChI is InChI=1S/C25H26Cl2N2O3S/c1-18-8-11-33-23(18)16-29(15-19-6-4-3-5-7-19)24(30)17-28(9-10-32-2)25(31)20-12-21(26)14-22(27)13-20/h3-8,11-14H,9-10,15-17H2,1-2H3. The van der Waals surface area contributed by atoms with Crippen LogP contribution in [0.25, 0.3) is 0 Å². The first kappa shape index (κ1) is 25.2. The molecule has 2 amide bonds. The van der Waals surface area contributed by atoms with Crippen LogP contribution >= 0.6 is 34.5 Å². The van der Waals surface area contributed by atoms with Crippen LogP contribution in [-0.4, -0.2) is 48.4 Å². The molecule has 2 aromatic carbocycles. The summed E-state index contributed by atoms with van der Waals surface area (Å²) in [6.45, 7) is 3.45. The van der Waals surface area contributed by atoms with Gasteiger partial charge in [-0.3, -0.25) is 9.59 Å². The molecule has 5 nitrogen and oxygen atoms in total. The lowest BCUT2D eigenvalue weighted by molar-refractivity contribution is -0.133. The minimum Gasteiger partial charge on any atom is -0.383 e. The zero-order valence-corrected chi connectivity index (χ0v) is 20.9. The van der Waals surface area contributed by atoms with Crippen LogP contribution in [0.1, 0.15) is 26.4 Å². The highest BCUT2D eigenvalue weighted by atomic mass is 35.5. The number of benzene rings is 2. The minimum atomic E-state index is -0.322. The maximum absolute atomic E-state index is 13.5. The maximum Gasteiger partial charge on any atom is 0.254 e. The molecule has 0 aliphatic heterocycles. The zero-order chi connectivity index (χ0) is 23.8. The SMILES string of the molecule is COCCN(CC(=O)N(Cc1ccccc1)Cc1sccc1C)C(=O)c1cc(Cl)cc(Cl)c1. The number of thiophene rings is 1. The number of nitrogens with zero attached hydrogens (tertiary/aromatic N) is 2. The monoisotopic (exact) mass is 504 g/mol. The Kier molecular flexibility index (Phi) is 9.32. The number of ether oxygens (including phenoxy) is 1. The van der Waals surface area contributed by atoms with Gasteiger partial charge in [0.2, 0.25) is 5.91 Å². The average molecular weight is 505 g/mol. The third-order valence-corrected chi connectivity index (χ3v) is 6.60. The summed E-state index contributed by atoms with van der Waals surface area (Å²) in [7, 11) is 1.56. The molecule has 3 rings (SSSR count). The maximum atomic E-state index is 13.5. The Hall–Kier alpha value is -2.38. The molecule has 8 heteroatoms. The zero-order valence-electron chi connectivity index (χ0n) is 18.6. The van der Waals surface area contributed by atoms with Gasteiger partial charge in [-0.15, -0.1) is 11.3 Å². The first-order valence-corrected chi connectivity index (χ1v) is 12.1. The normalized spacial score (nSPS) is 10.8. The quantitative estimate of drug-likeness (QED) is 0.356. The second-order valence-corrected chi connectivity index (χ2v) is 9.51. The van der Waals surface area contributed by atoms with Gasteiger partial charge in [-0.05, 0) is 47.7 Å². The second-order valence-electron chi connectivity index (χ2n) is 7.64. The van der Waals surface area contributed by atoms with Crippen LogP contribution in [0, 0.1) is 6.92 Å². The van der Waals surface area contributed by atoms with Crippen molar-refractivity contribution in [1.82, 2.24) is 9.80 Å². The van der Waals surface area contributed by atoms with Gasteiger partial charge in [0, 0.05) is 40.7 Å². The molecule has 3 aromatic rings. The second kappa shape index (κ2) is 12.2. The number of aryl methyl sites for hydroxylation is 1. The summed E-state index contributed by atoms with van der Waals surface area (Å²) in [4.78, 5) is 31.1. The summed E-state index contributed by atoms with van der Waals surface area (Å²) in [5.74, 6) is -0.471. The van der Waals surface area contributed by atoms with Gasteiger partial charge in [-0.1, -0.05) is 53.5 Å². The molecule has 0 aliphatic carbocycles. The highest BCUT2D eigenvalue weighted by Gasteiger charge is 2.24. The van der Waals surface area contributed by atoms with E-state index in [4.69, 9.17) is 27.9 Å². The van der Waals surface area contributed by atoms with Crippen molar-refractivity contribution in [2.75, 3.05) is 26.8 Å². The van der Waals surface area contributed by atoms with Gasteiger partial charge >= 0.3 is 0 Å². The number of rotatable bonds is 10. The number of carbonyl (C=O) groups is 2. The Bertz CT molecular complexity index is 1070. The molecular formula is C25H26Cl2N2O3S. The van der Waals surface area contributed by atoms with Crippen molar-refractivity contribution in [3.8, 4) is 0 Å². The van der Waals surface area contributed by atoms with E-state index in [1.807, 2.05) is 48.7 Å². The van der Waals surface area contributed by atoms with Crippen molar-refractivity contribution in [1.29, 1.82) is 0 Å². The summed E-state index contributed by atoms with van der Waals surface area (Å²) in [6.07, 6.45) is 0. The Morgan fingerprint density at radius 2 is 1.67 bits per heavy atom. The Morgan fingerprint density at radius 1 is 0.970 bits per heavy atom. The van der Waals surface area contributed by atoms with Crippen LogP contribution < -0.4 is 0 Å². The molecule has 0 atom stereocenters. The Balaban J connectivity index is 1.83. The van der Waals surface area contributed by atoms with Gasteiger partial charge in [-0.2, -0.15) is 0 Å². The van der Waals surface area contributed by atoms with E-state index in [-0.39, 0.29) is 24.9 Å². The van der Waals surface area contributed by atoms with E-state index in [0.717, 1.165) is 16.0 Å². The average Bonchev–Trinajstić information content (AvgIpc) is 3.20. The van der Waals surface area contributed by atoms with E-state index in [2.05, 4.69) is 0 Å². The summed E-state index contributed by atoms with van der Waals surface area (Å²) in [5, 5.41) is 2.75. The fourth-order valence-corrected chi connectivity index (χ4v) is 4.80. The molecule has 174 valence electrons. The number of halogens is 2. The molecule has 0 saturated carbocycles. The van der Waals surface area contributed by atoms with Gasteiger partial charge in [0.15, 0.2) is 0 Å². The van der Waals surface area contributed by atoms with Gasteiger partial charge in [0.1, 0.15) is 6.54 Å². The van der Waals surface area contributed by atoms with Crippen molar-refractivity contribution in [2.24, 2.45) is 0 Å². The molecule has 0 radical (unpaired) electrons. The Labute approximate surface area is 208 Å². The smallest absolute Gasteiger partial charge is 0.254 e. The first-order valence-electron chi connectivity index (χ1n) is 10.5. The van der Waals surface area contributed by atoms with Crippen LogP contribution in [0.5, 0.6) is 0 Å². The van der Waals surface area contributed by atoms with Crippen molar-refractivity contribution in [3.63, 3.8) is 0 Å². The van der Waals surface area contributed by atoms with Crippen LogP contribution in [0.15, 0.2) is 60.0 Å². The van der Waals surface area contributed by atoms with Crippen molar-refractivity contribution in [3.05, 3.63) is 91.6 Å². The number of amides is 2. The van der Waals surface area contributed by atoms with E-state index in [0.29, 0.717) is 35.3 Å². The summed E-state index contributed by atoms with van der Waals surface area (Å²) in [6, 6.07) is 16.5. The first-order chi connectivity index (χ1) is 15.9. The molecule has 1 heterocycles. The molecule has 0 unspecified atom stereocenters. The largest absolute Gasteiger partial charge is 0.383 e. The fraction of sp³-hybridized carbons (Fsp3) is 0.280. The summed E-state index contributed by atoms with van der Waals surface area (Å²) >= 11 is 13.8. The third kappa shape index (κ3) is 7.30. The van der Waals surface area contributed by atoms with Crippen molar-refractivity contribution < 1.29 is 14.3 Å². The predicted octanol–water partition coefficient (Wildman–Crippen LogP) is 5.68. The molecule has 0 bridgehead atoms. The lowest BCUT2D eigenvalue weighted by Gasteiger charge is -2.28. The van der Waals surface area contributed by atoms with Gasteiger partial charge < -0.3 is 14.5 Å².